The van der Waals surface area contributed by atoms with Gasteiger partial charge in [0.1, 0.15) is 18.4 Å². The molecule has 3 N–H and O–H groups in total. The molecule has 1 aromatic heterocycles. The summed E-state index contributed by atoms with van der Waals surface area (Å²) in [5.41, 5.74) is 1.26. The number of ether oxygens (including phenoxy) is 1. The average molecular weight is 628 g/mol. The lowest BCUT2D eigenvalue weighted by Gasteiger charge is -2.27. The number of nitrogens with one attached hydrogen (secondary N) is 3. The summed E-state index contributed by atoms with van der Waals surface area (Å²) in [6.07, 6.45) is 1.48. The normalized spacial score (nSPS) is 18.4. The fraction of sp³-hybridized carbons (Fsp3) is 0.444. The molecule has 6 rings (SSSR count). The molecular weight excluding hydrogens is 582 g/mol. The Morgan fingerprint density at radius 1 is 0.978 bits per heavy atom. The summed E-state index contributed by atoms with van der Waals surface area (Å²) in [6, 6.07) is 22.1. The van der Waals surface area contributed by atoms with Crippen LogP contribution in [0, 0.1) is 5.92 Å². The summed E-state index contributed by atoms with van der Waals surface area (Å²) in [6.45, 7) is 12.5. The quantitative estimate of drug-likeness (QED) is 0.208. The maximum atomic E-state index is 13.5. The first-order valence-electron chi connectivity index (χ1n) is 16.3. The molecule has 3 heterocycles. The van der Waals surface area contributed by atoms with Crippen molar-refractivity contribution >= 4 is 44.0 Å². The van der Waals surface area contributed by atoms with E-state index in [9.17, 15) is 9.59 Å². The SMILES string of the molecule is CC(C)C[C@H](NC(=O)c1cc2ccccc2s1)C(=O)N[C@H]1CCN(Cc2ccc(OCCN3CCNCC3)c3ccccc23)C1. The van der Waals surface area contributed by atoms with Gasteiger partial charge in [-0.25, -0.2) is 0 Å². The molecule has 3 aromatic carbocycles. The van der Waals surface area contributed by atoms with E-state index >= 15 is 0 Å². The maximum Gasteiger partial charge on any atom is 0.262 e. The van der Waals surface area contributed by atoms with Crippen LogP contribution in [-0.4, -0.2) is 86.1 Å². The van der Waals surface area contributed by atoms with Crippen molar-refractivity contribution in [3.8, 4) is 5.75 Å². The molecule has 2 amide bonds. The zero-order chi connectivity index (χ0) is 31.2. The van der Waals surface area contributed by atoms with Crippen LogP contribution in [0.25, 0.3) is 20.9 Å². The minimum atomic E-state index is -0.570. The maximum absolute atomic E-state index is 13.5. The minimum absolute atomic E-state index is 0.0484. The lowest BCUT2D eigenvalue weighted by atomic mass is 10.0. The highest BCUT2D eigenvalue weighted by atomic mass is 32.1. The minimum Gasteiger partial charge on any atom is -0.492 e. The van der Waals surface area contributed by atoms with Gasteiger partial charge in [0.2, 0.25) is 5.91 Å². The molecule has 0 saturated carbocycles. The van der Waals surface area contributed by atoms with Gasteiger partial charge >= 0.3 is 0 Å². The van der Waals surface area contributed by atoms with E-state index in [2.05, 4.69) is 76.0 Å². The van der Waals surface area contributed by atoms with E-state index < -0.39 is 6.04 Å². The Balaban J connectivity index is 1.05. The fourth-order valence-electron chi connectivity index (χ4n) is 6.48. The number of likely N-dealkylation sites (tertiary alicyclic amines) is 1. The lowest BCUT2D eigenvalue weighted by molar-refractivity contribution is -0.124. The second kappa shape index (κ2) is 14.7. The van der Waals surface area contributed by atoms with E-state index in [-0.39, 0.29) is 23.8 Å². The number of fused-ring (bicyclic) bond motifs is 2. The highest BCUT2D eigenvalue weighted by molar-refractivity contribution is 7.20. The van der Waals surface area contributed by atoms with Crippen LogP contribution in [0.4, 0.5) is 0 Å². The molecule has 2 atom stereocenters. The Hall–Kier alpha value is -3.50. The first-order chi connectivity index (χ1) is 21.9. The van der Waals surface area contributed by atoms with E-state index in [0.29, 0.717) is 17.9 Å². The Labute approximate surface area is 270 Å². The lowest BCUT2D eigenvalue weighted by Crippen LogP contribution is -2.50. The Morgan fingerprint density at radius 2 is 1.76 bits per heavy atom. The summed E-state index contributed by atoms with van der Waals surface area (Å²) in [7, 11) is 0. The zero-order valence-corrected chi connectivity index (χ0v) is 27.2. The van der Waals surface area contributed by atoms with E-state index in [1.165, 1.54) is 22.3 Å². The second-order valence-corrected chi connectivity index (χ2v) is 13.8. The largest absolute Gasteiger partial charge is 0.492 e. The predicted octanol–water partition coefficient (Wildman–Crippen LogP) is 4.87. The summed E-state index contributed by atoms with van der Waals surface area (Å²) in [4.78, 5) is 32.1. The number of nitrogens with zero attached hydrogens (tertiary/aromatic N) is 2. The highest BCUT2D eigenvalue weighted by Crippen LogP contribution is 2.30. The zero-order valence-electron chi connectivity index (χ0n) is 26.4. The molecule has 4 aromatic rings. The highest BCUT2D eigenvalue weighted by Gasteiger charge is 2.29. The van der Waals surface area contributed by atoms with Crippen molar-refractivity contribution in [2.45, 2.75) is 45.3 Å². The van der Waals surface area contributed by atoms with E-state index in [1.54, 1.807) is 0 Å². The number of piperazine rings is 1. The third kappa shape index (κ3) is 8.02. The van der Waals surface area contributed by atoms with Crippen LogP contribution < -0.4 is 20.7 Å². The number of carbonyl (C=O) groups is 2. The predicted molar refractivity (Wildman–Crippen MR) is 183 cm³/mol. The van der Waals surface area contributed by atoms with Gasteiger partial charge in [-0.15, -0.1) is 11.3 Å². The van der Waals surface area contributed by atoms with Gasteiger partial charge < -0.3 is 20.7 Å². The number of amides is 2. The van der Waals surface area contributed by atoms with Crippen molar-refractivity contribution in [2.75, 3.05) is 52.4 Å². The molecule has 238 valence electrons. The van der Waals surface area contributed by atoms with Crippen molar-refractivity contribution in [3.05, 3.63) is 77.2 Å². The number of benzene rings is 3. The van der Waals surface area contributed by atoms with Crippen molar-refractivity contribution in [1.82, 2.24) is 25.8 Å². The van der Waals surface area contributed by atoms with Crippen LogP contribution in [0.2, 0.25) is 0 Å². The Bertz CT molecular complexity index is 1580. The van der Waals surface area contributed by atoms with Gasteiger partial charge in [0.15, 0.2) is 0 Å². The molecule has 45 heavy (non-hydrogen) atoms. The van der Waals surface area contributed by atoms with Crippen LogP contribution in [0.3, 0.4) is 0 Å². The summed E-state index contributed by atoms with van der Waals surface area (Å²) in [5, 5.41) is 13.1. The molecular formula is C36H45N5O3S. The van der Waals surface area contributed by atoms with Crippen LogP contribution in [0.15, 0.2) is 66.7 Å². The van der Waals surface area contributed by atoms with Crippen molar-refractivity contribution in [3.63, 3.8) is 0 Å². The molecule has 8 nitrogen and oxygen atoms in total. The first kappa shape index (κ1) is 31.5. The van der Waals surface area contributed by atoms with Crippen LogP contribution >= 0.6 is 11.3 Å². The van der Waals surface area contributed by atoms with Gasteiger partial charge in [0.25, 0.3) is 5.91 Å². The fourth-order valence-corrected chi connectivity index (χ4v) is 7.45. The number of rotatable bonds is 12. The Morgan fingerprint density at radius 3 is 2.56 bits per heavy atom. The molecule has 0 radical (unpaired) electrons. The van der Waals surface area contributed by atoms with E-state index in [0.717, 1.165) is 80.0 Å². The number of hydrogen-bond acceptors (Lipinski definition) is 7. The molecule has 0 aliphatic carbocycles. The summed E-state index contributed by atoms with van der Waals surface area (Å²) in [5.74, 6) is 0.918. The first-order valence-corrected chi connectivity index (χ1v) is 17.1. The Kier molecular flexibility index (Phi) is 10.3. The van der Waals surface area contributed by atoms with Gasteiger partial charge in [-0.05, 0) is 53.3 Å². The molecule has 0 spiro atoms. The van der Waals surface area contributed by atoms with Gasteiger partial charge in [-0.3, -0.25) is 19.4 Å². The monoisotopic (exact) mass is 627 g/mol. The third-order valence-corrected chi connectivity index (χ3v) is 9.95. The average Bonchev–Trinajstić information content (AvgIpc) is 3.69. The molecule has 2 aliphatic heterocycles. The molecule has 2 fully saturated rings. The summed E-state index contributed by atoms with van der Waals surface area (Å²) >= 11 is 1.46. The van der Waals surface area contributed by atoms with E-state index in [4.69, 9.17) is 4.74 Å². The molecule has 2 aliphatic rings. The van der Waals surface area contributed by atoms with Crippen LogP contribution in [0.5, 0.6) is 5.75 Å². The van der Waals surface area contributed by atoms with Gasteiger partial charge in [0, 0.05) is 68.5 Å². The van der Waals surface area contributed by atoms with Crippen molar-refractivity contribution in [1.29, 1.82) is 0 Å². The standard InChI is InChI=1S/C36H45N5O3S/c1-25(2)21-31(39-36(43)34-22-26-7-3-6-10-33(26)45-34)35(42)38-28-13-16-41(24-28)23-27-11-12-32(30-9-5-4-8-29(27)30)44-20-19-40-17-14-37-15-18-40/h3-12,22,25,28,31,37H,13-21,23-24H2,1-2H3,(H,38,42)(H,39,43)/t28-,31-/m0/s1. The van der Waals surface area contributed by atoms with Crippen LogP contribution in [0.1, 0.15) is 41.9 Å². The van der Waals surface area contributed by atoms with Gasteiger partial charge in [-0.2, -0.15) is 0 Å². The molecule has 9 heteroatoms. The van der Waals surface area contributed by atoms with Crippen LogP contribution in [-0.2, 0) is 11.3 Å². The number of hydrogen-bond donors (Lipinski definition) is 3. The molecule has 0 bridgehead atoms. The second-order valence-electron chi connectivity index (χ2n) is 12.7. The molecule has 2 saturated heterocycles. The number of carbonyl (C=O) groups excluding carboxylic acids is 2. The van der Waals surface area contributed by atoms with Gasteiger partial charge in [0.05, 0.1) is 4.88 Å². The summed E-state index contributed by atoms with van der Waals surface area (Å²) < 4.78 is 7.34. The van der Waals surface area contributed by atoms with E-state index in [1.807, 2.05) is 30.3 Å². The third-order valence-electron chi connectivity index (χ3n) is 8.84. The number of thiophene rings is 1. The van der Waals surface area contributed by atoms with Crippen molar-refractivity contribution in [2.24, 2.45) is 5.92 Å². The topological polar surface area (TPSA) is 85.9 Å². The van der Waals surface area contributed by atoms with Gasteiger partial charge in [-0.1, -0.05) is 62.4 Å². The van der Waals surface area contributed by atoms with Crippen molar-refractivity contribution < 1.29 is 14.3 Å². The molecule has 0 unspecified atom stereocenters. The smallest absolute Gasteiger partial charge is 0.262 e.